The molecule has 2 aliphatic rings. The highest BCUT2D eigenvalue weighted by atomic mass is 32.1. The SMILES string of the molecule is CCOc1ccc([C@@H]2CC(=O)C3=C(C2)NC(C)=C(C(=O)OCCOC)[C@H]3c2cccs2)cc1OC. The molecule has 1 aliphatic carbocycles. The molecule has 0 radical (unpaired) electrons. The van der Waals surface area contributed by atoms with Crippen molar-refractivity contribution in [3.05, 3.63) is 68.7 Å². The minimum Gasteiger partial charge on any atom is -0.493 e. The third-order valence-electron chi connectivity index (χ3n) is 6.35. The van der Waals surface area contributed by atoms with E-state index in [-0.39, 0.29) is 18.3 Å². The van der Waals surface area contributed by atoms with Crippen LogP contribution in [0.15, 0.2) is 58.3 Å². The fourth-order valence-corrected chi connectivity index (χ4v) is 5.64. The van der Waals surface area contributed by atoms with Gasteiger partial charge in [-0.3, -0.25) is 4.79 Å². The molecule has 0 saturated heterocycles. The number of allylic oxidation sites excluding steroid dienone is 3. The topological polar surface area (TPSA) is 83.1 Å². The predicted octanol–water partition coefficient (Wildman–Crippen LogP) is 4.71. The summed E-state index contributed by atoms with van der Waals surface area (Å²) >= 11 is 1.54. The standard InChI is InChI=1S/C27H31NO6S/c1-5-33-21-9-8-17(15-22(21)32-4)18-13-19-25(20(29)14-18)26(23-7-6-12-35-23)24(16(2)28-19)27(30)34-11-10-31-3/h6-9,12,15,18,26,28H,5,10-11,13-14H2,1-4H3/t18-,26+/m0/s1. The lowest BCUT2D eigenvalue weighted by atomic mass is 9.73. The number of methoxy groups -OCH3 is 2. The second-order valence-electron chi connectivity index (χ2n) is 8.50. The molecule has 1 aliphatic heterocycles. The van der Waals surface area contributed by atoms with E-state index in [1.54, 1.807) is 14.2 Å². The van der Waals surface area contributed by atoms with Gasteiger partial charge in [0.1, 0.15) is 6.61 Å². The summed E-state index contributed by atoms with van der Waals surface area (Å²) in [6.07, 6.45) is 1.01. The number of carbonyl (C=O) groups excluding carboxylic acids is 2. The van der Waals surface area contributed by atoms with Crippen molar-refractivity contribution in [3.8, 4) is 11.5 Å². The van der Waals surface area contributed by atoms with Gasteiger partial charge in [-0.25, -0.2) is 4.79 Å². The number of Topliss-reactive ketones (excluding diaryl/α,β-unsaturated/α-hetero) is 1. The zero-order valence-corrected chi connectivity index (χ0v) is 21.3. The first kappa shape index (κ1) is 25.0. The average molecular weight is 498 g/mol. The first-order valence-electron chi connectivity index (χ1n) is 11.7. The second-order valence-corrected chi connectivity index (χ2v) is 9.48. The van der Waals surface area contributed by atoms with E-state index >= 15 is 0 Å². The van der Waals surface area contributed by atoms with Crippen molar-refractivity contribution in [2.75, 3.05) is 34.0 Å². The van der Waals surface area contributed by atoms with Crippen molar-refractivity contribution in [3.63, 3.8) is 0 Å². The van der Waals surface area contributed by atoms with Crippen LogP contribution in [0.4, 0.5) is 0 Å². The number of esters is 1. The Hall–Kier alpha value is -3.10. The van der Waals surface area contributed by atoms with Crippen molar-refractivity contribution >= 4 is 23.1 Å². The summed E-state index contributed by atoms with van der Waals surface area (Å²) in [6.45, 7) is 4.81. The third kappa shape index (κ3) is 5.13. The molecule has 2 atom stereocenters. The molecule has 0 saturated carbocycles. The van der Waals surface area contributed by atoms with Crippen LogP contribution in [0.1, 0.15) is 49.0 Å². The molecule has 1 N–H and O–H groups in total. The monoisotopic (exact) mass is 497 g/mol. The molecule has 186 valence electrons. The fraction of sp³-hybridized carbons (Fsp3) is 0.407. The number of rotatable bonds is 9. The van der Waals surface area contributed by atoms with Gasteiger partial charge in [0, 0.05) is 35.4 Å². The Kier molecular flexibility index (Phi) is 7.93. The highest BCUT2D eigenvalue weighted by molar-refractivity contribution is 7.10. The molecule has 8 heteroatoms. The molecule has 0 amide bonds. The maximum atomic E-state index is 13.6. The van der Waals surface area contributed by atoms with Crippen LogP contribution in [0.25, 0.3) is 0 Å². The lowest BCUT2D eigenvalue weighted by Crippen LogP contribution is -2.36. The van der Waals surface area contributed by atoms with E-state index in [1.165, 1.54) is 11.3 Å². The first-order chi connectivity index (χ1) is 17.0. The summed E-state index contributed by atoms with van der Waals surface area (Å²) < 4.78 is 21.6. The highest BCUT2D eigenvalue weighted by Gasteiger charge is 2.42. The Morgan fingerprint density at radius 1 is 1.14 bits per heavy atom. The summed E-state index contributed by atoms with van der Waals surface area (Å²) in [4.78, 5) is 27.7. The van der Waals surface area contributed by atoms with Crippen molar-refractivity contribution in [2.24, 2.45) is 0 Å². The van der Waals surface area contributed by atoms with Crippen molar-refractivity contribution < 1.29 is 28.5 Å². The molecule has 0 spiro atoms. The molecular weight excluding hydrogens is 466 g/mol. The number of thiophene rings is 1. The summed E-state index contributed by atoms with van der Waals surface area (Å²) in [7, 11) is 3.17. The molecule has 7 nitrogen and oxygen atoms in total. The molecule has 35 heavy (non-hydrogen) atoms. The van der Waals surface area contributed by atoms with Crippen LogP contribution >= 0.6 is 11.3 Å². The number of ketones is 1. The van der Waals surface area contributed by atoms with Crippen molar-refractivity contribution in [2.45, 2.75) is 38.5 Å². The van der Waals surface area contributed by atoms with Gasteiger partial charge in [-0.1, -0.05) is 12.1 Å². The number of ether oxygens (including phenoxy) is 4. The lowest BCUT2D eigenvalue weighted by Gasteiger charge is -2.36. The lowest BCUT2D eigenvalue weighted by molar-refractivity contribution is -0.140. The number of nitrogens with one attached hydrogen (secondary N) is 1. The zero-order valence-electron chi connectivity index (χ0n) is 20.5. The smallest absolute Gasteiger partial charge is 0.336 e. The van der Waals surface area contributed by atoms with Crippen molar-refractivity contribution in [1.29, 1.82) is 0 Å². The van der Waals surface area contributed by atoms with Gasteiger partial charge in [0.05, 0.1) is 31.8 Å². The Labute approximate surface area is 209 Å². The van der Waals surface area contributed by atoms with Crippen LogP contribution in [0.3, 0.4) is 0 Å². The number of hydrogen-bond acceptors (Lipinski definition) is 8. The minimum atomic E-state index is -0.440. The van der Waals surface area contributed by atoms with E-state index < -0.39 is 11.9 Å². The van der Waals surface area contributed by atoms with Gasteiger partial charge in [0.25, 0.3) is 0 Å². The van der Waals surface area contributed by atoms with Gasteiger partial charge in [-0.2, -0.15) is 0 Å². The van der Waals surface area contributed by atoms with Crippen LogP contribution in [0.2, 0.25) is 0 Å². The molecular formula is C27H31NO6S. The Morgan fingerprint density at radius 3 is 2.66 bits per heavy atom. The quantitative estimate of drug-likeness (QED) is 0.397. The number of carbonyl (C=O) groups is 2. The molecule has 1 aromatic carbocycles. The predicted molar refractivity (Wildman–Crippen MR) is 134 cm³/mol. The van der Waals surface area contributed by atoms with Crippen LogP contribution < -0.4 is 14.8 Å². The van der Waals surface area contributed by atoms with Gasteiger partial charge in [-0.05, 0) is 55.3 Å². The third-order valence-corrected chi connectivity index (χ3v) is 7.29. The van der Waals surface area contributed by atoms with Crippen LogP contribution in [-0.4, -0.2) is 45.8 Å². The van der Waals surface area contributed by atoms with Crippen LogP contribution in [0, 0.1) is 0 Å². The zero-order chi connectivity index (χ0) is 24.9. The molecule has 0 bridgehead atoms. The van der Waals surface area contributed by atoms with E-state index in [1.807, 2.05) is 49.6 Å². The molecule has 2 aromatic rings. The second kappa shape index (κ2) is 11.1. The van der Waals surface area contributed by atoms with Crippen LogP contribution in [-0.2, 0) is 19.1 Å². The average Bonchev–Trinajstić information content (AvgIpc) is 3.38. The summed E-state index contributed by atoms with van der Waals surface area (Å²) in [5.74, 6) is 0.495. The van der Waals surface area contributed by atoms with Gasteiger partial charge in [0.2, 0.25) is 0 Å². The van der Waals surface area contributed by atoms with Gasteiger partial charge in [-0.15, -0.1) is 11.3 Å². The van der Waals surface area contributed by atoms with E-state index in [0.29, 0.717) is 54.4 Å². The maximum absolute atomic E-state index is 13.6. The number of benzene rings is 1. The van der Waals surface area contributed by atoms with Crippen LogP contribution in [0.5, 0.6) is 11.5 Å². The Bertz CT molecular complexity index is 1150. The molecule has 2 heterocycles. The number of dihydropyridines is 1. The fourth-order valence-electron chi connectivity index (χ4n) is 4.79. The summed E-state index contributed by atoms with van der Waals surface area (Å²) in [5, 5.41) is 5.34. The van der Waals surface area contributed by atoms with E-state index in [0.717, 1.165) is 16.1 Å². The van der Waals surface area contributed by atoms with Gasteiger partial charge < -0.3 is 24.3 Å². The number of hydrogen-bond donors (Lipinski definition) is 1. The largest absolute Gasteiger partial charge is 0.493 e. The summed E-state index contributed by atoms with van der Waals surface area (Å²) in [5.41, 5.74) is 3.74. The van der Waals surface area contributed by atoms with Gasteiger partial charge in [0.15, 0.2) is 17.3 Å². The van der Waals surface area contributed by atoms with Crippen molar-refractivity contribution in [1.82, 2.24) is 5.32 Å². The Morgan fingerprint density at radius 2 is 1.97 bits per heavy atom. The molecule has 0 fully saturated rings. The molecule has 4 rings (SSSR count). The summed E-state index contributed by atoms with van der Waals surface area (Å²) in [6, 6.07) is 9.76. The Balaban J connectivity index is 1.67. The normalized spacial score (nSPS) is 19.8. The minimum absolute atomic E-state index is 0.00897. The van der Waals surface area contributed by atoms with E-state index in [4.69, 9.17) is 18.9 Å². The molecule has 1 aromatic heterocycles. The van der Waals surface area contributed by atoms with E-state index in [9.17, 15) is 9.59 Å². The highest BCUT2D eigenvalue weighted by Crippen LogP contribution is 2.47. The first-order valence-corrected chi connectivity index (χ1v) is 12.6. The molecule has 0 unspecified atom stereocenters. The van der Waals surface area contributed by atoms with Gasteiger partial charge >= 0.3 is 5.97 Å². The maximum Gasteiger partial charge on any atom is 0.336 e. The van der Waals surface area contributed by atoms with E-state index in [2.05, 4.69) is 5.32 Å².